The Hall–Kier alpha value is -2.18. The lowest BCUT2D eigenvalue weighted by Gasteiger charge is -1.85. The molecule has 1 N–H and O–H groups in total. The van der Waals surface area contributed by atoms with Gasteiger partial charge in [0.05, 0.1) is 0 Å². The van der Waals surface area contributed by atoms with Crippen molar-refractivity contribution in [2.45, 2.75) is 0 Å². The fourth-order valence-electron chi connectivity index (χ4n) is 0.656. The van der Waals surface area contributed by atoms with Crippen LogP contribution in [-0.4, -0.2) is 16.1 Å². The molecule has 7 nitrogen and oxygen atoms in total. The lowest BCUT2D eigenvalue weighted by molar-refractivity contribution is 0.0688. The van der Waals surface area contributed by atoms with Crippen molar-refractivity contribution in [3.05, 3.63) is 46.7 Å². The highest BCUT2D eigenvalue weighted by Crippen LogP contribution is 1.74. The van der Waals surface area contributed by atoms with Crippen LogP contribution in [0.4, 0.5) is 0 Å². The van der Waals surface area contributed by atoms with Gasteiger partial charge in [0.2, 0.25) is 5.69 Å². The summed E-state index contributed by atoms with van der Waals surface area (Å²) in [6.07, 6.45) is 0. The number of carboxylic acid groups (broad SMARTS) is 1. The van der Waals surface area contributed by atoms with Crippen molar-refractivity contribution in [3.8, 4) is 0 Å². The Morgan fingerprint density at radius 3 is 2.00 bits per heavy atom. The molecule has 0 fully saturated rings. The molecule has 1 rings (SSSR count). The molecule has 0 aliphatic carbocycles. The molecule has 0 aromatic carbocycles. The molecule has 13 heavy (non-hydrogen) atoms. The Morgan fingerprint density at radius 1 is 1.00 bits per heavy atom. The molecule has 1 heterocycles. The third-order valence-corrected chi connectivity index (χ3v) is 1.24. The van der Waals surface area contributed by atoms with Gasteiger partial charge in [-0.2, -0.15) is 4.98 Å². The number of hydrogen-bond donors (Lipinski definition) is 1. The molecular weight excluding hydrogens is 182 g/mol. The van der Waals surface area contributed by atoms with Crippen molar-refractivity contribution in [2.75, 3.05) is 0 Å². The number of rotatable bonds is 1. The van der Waals surface area contributed by atoms with Gasteiger partial charge in [-0.05, 0) is 0 Å². The van der Waals surface area contributed by atoms with E-state index in [1.54, 1.807) is 0 Å². The fraction of sp³-hybridized carbons (Fsp3) is 0. The number of carboxylic acids is 1. The summed E-state index contributed by atoms with van der Waals surface area (Å²) in [6, 6.07) is 0. The van der Waals surface area contributed by atoms with E-state index in [1.165, 1.54) is 0 Å². The predicted octanol–water partition coefficient (Wildman–Crippen LogP) is -2.90. The van der Waals surface area contributed by atoms with Crippen molar-refractivity contribution in [1.82, 2.24) is 4.98 Å². The zero-order chi connectivity index (χ0) is 10.2. The van der Waals surface area contributed by atoms with Crippen molar-refractivity contribution >= 4 is 5.97 Å². The molecule has 0 amide bonds. The second-order valence-corrected chi connectivity index (χ2v) is 2.06. The minimum absolute atomic E-state index is 1.21. The largest absolute Gasteiger partial charge is 0.476 e. The topological polar surface area (TPSA) is 118 Å². The van der Waals surface area contributed by atoms with Gasteiger partial charge in [-0.3, -0.25) is 19.2 Å². The molecule has 1 aromatic heterocycles. The molecule has 0 bridgehead atoms. The standard InChI is InChI=1S/C6HNO6/c8-2-1(6(12)13)7-5(11)4(10)3(2)9/h(H,12,13). The molecule has 0 atom stereocenters. The second-order valence-electron chi connectivity index (χ2n) is 2.06. The van der Waals surface area contributed by atoms with Crippen molar-refractivity contribution in [3.63, 3.8) is 0 Å². The molecule has 0 spiro atoms. The molecule has 0 saturated carbocycles. The van der Waals surface area contributed by atoms with Gasteiger partial charge in [0.1, 0.15) is 0 Å². The maximum Gasteiger partial charge on any atom is 0.358 e. The van der Waals surface area contributed by atoms with Crippen LogP contribution in [0.2, 0.25) is 0 Å². The van der Waals surface area contributed by atoms with Crippen LogP contribution in [0.3, 0.4) is 0 Å². The zero-order valence-corrected chi connectivity index (χ0v) is 5.94. The highest BCUT2D eigenvalue weighted by molar-refractivity contribution is 5.84. The molecule has 0 aliphatic rings. The molecule has 7 heteroatoms. The van der Waals surface area contributed by atoms with E-state index in [0.29, 0.717) is 0 Å². The lowest BCUT2D eigenvalue weighted by Crippen LogP contribution is -2.50. The molecular formula is C6HNO6. The summed E-state index contributed by atoms with van der Waals surface area (Å²) in [6.45, 7) is 0. The monoisotopic (exact) mass is 183 g/mol. The van der Waals surface area contributed by atoms with E-state index >= 15 is 0 Å². The van der Waals surface area contributed by atoms with Crippen molar-refractivity contribution in [1.29, 1.82) is 0 Å². The first-order valence-electron chi connectivity index (χ1n) is 2.94. The fourth-order valence-corrected chi connectivity index (χ4v) is 0.656. The first-order chi connectivity index (χ1) is 5.95. The van der Waals surface area contributed by atoms with E-state index in [0.717, 1.165) is 0 Å². The number of aromatic carboxylic acids is 1. The van der Waals surface area contributed by atoms with Gasteiger partial charge >= 0.3 is 11.5 Å². The average molecular weight is 183 g/mol. The normalized spacial score (nSPS) is 9.85. The molecule has 1 aromatic rings. The Kier molecular flexibility index (Phi) is 1.85. The quantitative estimate of drug-likeness (QED) is 0.463. The highest BCUT2D eigenvalue weighted by Gasteiger charge is 2.17. The average Bonchev–Trinajstić information content (AvgIpc) is 2.07. The van der Waals surface area contributed by atoms with Gasteiger partial charge in [0.15, 0.2) is 0 Å². The third kappa shape index (κ3) is 1.26. The summed E-state index contributed by atoms with van der Waals surface area (Å²) in [5.41, 5.74) is -7.55. The Morgan fingerprint density at radius 2 is 1.54 bits per heavy atom. The summed E-state index contributed by atoms with van der Waals surface area (Å²) in [5.74, 6) is -1.81. The SMILES string of the molecule is O=C(O)c1nc(=O)c(=O)c(=O)c1=O. The van der Waals surface area contributed by atoms with Crippen LogP contribution in [-0.2, 0) is 0 Å². The molecule has 0 unspecified atom stereocenters. The van der Waals surface area contributed by atoms with Gasteiger partial charge in [0.25, 0.3) is 16.3 Å². The van der Waals surface area contributed by atoms with Gasteiger partial charge in [-0.1, -0.05) is 0 Å². The van der Waals surface area contributed by atoms with Crippen LogP contribution >= 0.6 is 0 Å². The summed E-state index contributed by atoms with van der Waals surface area (Å²) in [5, 5.41) is 8.26. The van der Waals surface area contributed by atoms with Crippen LogP contribution in [0.15, 0.2) is 19.2 Å². The van der Waals surface area contributed by atoms with Crippen LogP contribution < -0.4 is 21.8 Å². The number of pyridine rings is 1. The Bertz CT molecular complexity index is 564. The number of hydrogen-bond acceptors (Lipinski definition) is 6. The van der Waals surface area contributed by atoms with Crippen LogP contribution in [0.5, 0.6) is 0 Å². The first-order valence-corrected chi connectivity index (χ1v) is 2.94. The maximum absolute atomic E-state index is 10.7. The van der Waals surface area contributed by atoms with Crippen LogP contribution in [0.25, 0.3) is 0 Å². The summed E-state index contributed by atoms with van der Waals surface area (Å²) < 4.78 is 0. The first kappa shape index (κ1) is 8.91. The molecule has 0 saturated heterocycles. The predicted molar refractivity (Wildman–Crippen MR) is 38.6 cm³/mol. The number of aromatic nitrogens is 1. The molecule has 0 aliphatic heterocycles. The van der Waals surface area contributed by atoms with Crippen LogP contribution in [0.1, 0.15) is 10.5 Å². The Labute approximate surface area is 68.6 Å². The summed E-state index contributed by atoms with van der Waals surface area (Å²) in [7, 11) is 0. The summed E-state index contributed by atoms with van der Waals surface area (Å²) in [4.78, 5) is 55.1. The Balaban J connectivity index is 3.93. The second kappa shape index (κ2) is 2.70. The maximum atomic E-state index is 10.7. The van der Waals surface area contributed by atoms with Gasteiger partial charge < -0.3 is 5.11 Å². The smallest absolute Gasteiger partial charge is 0.358 e. The van der Waals surface area contributed by atoms with Gasteiger partial charge in [-0.25, -0.2) is 4.79 Å². The summed E-state index contributed by atoms with van der Waals surface area (Å²) >= 11 is 0. The highest BCUT2D eigenvalue weighted by atomic mass is 16.4. The van der Waals surface area contributed by atoms with E-state index in [4.69, 9.17) is 5.11 Å². The molecule has 66 valence electrons. The van der Waals surface area contributed by atoms with Gasteiger partial charge in [-0.15, -0.1) is 0 Å². The minimum atomic E-state index is -1.81. The van der Waals surface area contributed by atoms with Gasteiger partial charge in [0, 0.05) is 0 Å². The van der Waals surface area contributed by atoms with Crippen LogP contribution in [0, 0.1) is 0 Å². The van der Waals surface area contributed by atoms with Crippen molar-refractivity contribution in [2.24, 2.45) is 0 Å². The minimum Gasteiger partial charge on any atom is -0.476 e. The lowest BCUT2D eigenvalue weighted by atomic mass is 10.3. The molecule has 0 radical (unpaired) electrons. The van der Waals surface area contributed by atoms with E-state index in [9.17, 15) is 24.0 Å². The number of nitrogens with zero attached hydrogens (tertiary/aromatic N) is 1. The number of carbonyl (C=O) groups is 1. The van der Waals surface area contributed by atoms with E-state index in [2.05, 4.69) is 4.98 Å². The van der Waals surface area contributed by atoms with E-state index in [1.807, 2.05) is 0 Å². The van der Waals surface area contributed by atoms with E-state index in [-0.39, 0.29) is 0 Å². The van der Waals surface area contributed by atoms with E-state index < -0.39 is 33.5 Å². The zero-order valence-electron chi connectivity index (χ0n) is 5.94. The third-order valence-electron chi connectivity index (χ3n) is 1.24. The van der Waals surface area contributed by atoms with Crippen molar-refractivity contribution < 1.29 is 9.90 Å².